The Morgan fingerprint density at radius 2 is 1.73 bits per heavy atom. The van der Waals surface area contributed by atoms with Gasteiger partial charge in [-0.1, -0.05) is 23.2 Å². The quantitative estimate of drug-likeness (QED) is 0.293. The fraction of sp³-hybridized carbons (Fsp3) is 0. The zero-order valence-corrected chi connectivity index (χ0v) is 18.8. The largest absolute Gasteiger partial charge is 0.456 e. The third-order valence-electron chi connectivity index (χ3n) is 4.24. The molecule has 3 aromatic carbocycles. The standard InChI is InChI=1S/C20H12BrCl2FN2O3S/c21-14-9-13(5-8-18(14)29-12-3-1-11(24)2-4-12)30(27,28)26-17-7-6-15(22)19-16(23)10-25-20(17)19/h1-10,25-26H. The first-order valence-electron chi connectivity index (χ1n) is 8.45. The second-order valence-electron chi connectivity index (χ2n) is 6.24. The summed E-state index contributed by atoms with van der Waals surface area (Å²) in [6, 6.07) is 12.9. The minimum absolute atomic E-state index is 0.0154. The number of halogens is 4. The van der Waals surface area contributed by atoms with E-state index in [2.05, 4.69) is 25.6 Å². The van der Waals surface area contributed by atoms with E-state index < -0.39 is 10.0 Å². The molecule has 1 heterocycles. The predicted octanol–water partition coefficient (Wildman–Crippen LogP) is 6.97. The van der Waals surface area contributed by atoms with E-state index in [1.54, 1.807) is 12.1 Å². The van der Waals surface area contributed by atoms with Crippen molar-refractivity contribution in [1.29, 1.82) is 0 Å². The van der Waals surface area contributed by atoms with Crippen LogP contribution < -0.4 is 9.46 Å². The lowest BCUT2D eigenvalue weighted by atomic mass is 10.2. The first-order valence-corrected chi connectivity index (χ1v) is 11.5. The molecule has 0 unspecified atom stereocenters. The van der Waals surface area contributed by atoms with Crippen molar-refractivity contribution in [3.63, 3.8) is 0 Å². The number of aromatic nitrogens is 1. The van der Waals surface area contributed by atoms with E-state index in [-0.39, 0.29) is 10.7 Å². The van der Waals surface area contributed by atoms with E-state index in [4.69, 9.17) is 27.9 Å². The summed E-state index contributed by atoms with van der Waals surface area (Å²) in [5.74, 6) is 0.414. The molecule has 0 radical (unpaired) electrons. The molecule has 0 fully saturated rings. The second kappa shape index (κ2) is 8.11. The monoisotopic (exact) mass is 528 g/mol. The number of nitrogens with one attached hydrogen (secondary N) is 2. The summed E-state index contributed by atoms with van der Waals surface area (Å²) in [5.41, 5.74) is 0.787. The molecule has 4 rings (SSSR count). The molecule has 0 aliphatic heterocycles. The Hall–Kier alpha value is -2.26. The lowest BCUT2D eigenvalue weighted by Crippen LogP contribution is -2.13. The molecule has 30 heavy (non-hydrogen) atoms. The maximum Gasteiger partial charge on any atom is 0.262 e. The normalized spacial score (nSPS) is 11.6. The summed E-state index contributed by atoms with van der Waals surface area (Å²) in [4.78, 5) is 2.94. The van der Waals surface area contributed by atoms with Crippen molar-refractivity contribution in [2.45, 2.75) is 4.90 Å². The van der Waals surface area contributed by atoms with Crippen molar-refractivity contribution < 1.29 is 17.5 Å². The Balaban J connectivity index is 1.63. The average molecular weight is 530 g/mol. The zero-order valence-electron chi connectivity index (χ0n) is 14.9. The van der Waals surface area contributed by atoms with Crippen LogP contribution in [0.15, 0.2) is 70.2 Å². The zero-order chi connectivity index (χ0) is 21.5. The highest BCUT2D eigenvalue weighted by atomic mass is 79.9. The Morgan fingerprint density at radius 3 is 2.43 bits per heavy atom. The molecule has 0 aliphatic rings. The minimum atomic E-state index is -3.92. The van der Waals surface area contributed by atoms with Gasteiger partial charge in [-0.15, -0.1) is 0 Å². The maximum absolute atomic E-state index is 13.0. The third-order valence-corrected chi connectivity index (χ3v) is 6.83. The van der Waals surface area contributed by atoms with Gasteiger partial charge in [0.15, 0.2) is 0 Å². The highest BCUT2D eigenvalue weighted by Gasteiger charge is 2.19. The summed E-state index contributed by atoms with van der Waals surface area (Å²) in [5, 5.41) is 1.33. The van der Waals surface area contributed by atoms with Crippen LogP contribution in [0.1, 0.15) is 0 Å². The number of hydrogen-bond acceptors (Lipinski definition) is 3. The van der Waals surface area contributed by atoms with Crippen LogP contribution in [-0.2, 0) is 10.0 Å². The number of fused-ring (bicyclic) bond motifs is 1. The molecule has 0 aliphatic carbocycles. The molecular weight excluding hydrogens is 518 g/mol. The first-order chi connectivity index (χ1) is 14.2. The molecule has 10 heteroatoms. The molecule has 2 N–H and O–H groups in total. The van der Waals surface area contributed by atoms with Gasteiger partial charge in [-0.25, -0.2) is 12.8 Å². The van der Waals surface area contributed by atoms with Crippen molar-refractivity contribution in [2.75, 3.05) is 4.72 Å². The Bertz CT molecular complexity index is 1360. The number of anilines is 1. The van der Waals surface area contributed by atoms with Gasteiger partial charge in [0.1, 0.15) is 17.3 Å². The van der Waals surface area contributed by atoms with Gasteiger partial charge >= 0.3 is 0 Å². The second-order valence-corrected chi connectivity index (χ2v) is 9.59. The number of hydrogen-bond donors (Lipinski definition) is 2. The lowest BCUT2D eigenvalue weighted by molar-refractivity contribution is 0.477. The molecule has 0 bridgehead atoms. The fourth-order valence-corrected chi connectivity index (χ4v) is 5.09. The molecule has 0 amide bonds. The molecule has 5 nitrogen and oxygen atoms in total. The molecule has 154 valence electrons. The summed E-state index contributed by atoms with van der Waals surface area (Å²) in [7, 11) is -3.92. The summed E-state index contributed by atoms with van der Waals surface area (Å²) in [6.45, 7) is 0. The number of aromatic amines is 1. The maximum atomic E-state index is 13.0. The van der Waals surface area contributed by atoms with Gasteiger partial charge in [0, 0.05) is 11.6 Å². The van der Waals surface area contributed by atoms with E-state index >= 15 is 0 Å². The highest BCUT2D eigenvalue weighted by Crippen LogP contribution is 2.36. The van der Waals surface area contributed by atoms with Gasteiger partial charge in [0.05, 0.1) is 30.6 Å². The summed E-state index contributed by atoms with van der Waals surface area (Å²) >= 11 is 15.6. The van der Waals surface area contributed by atoms with Crippen LogP contribution in [0.3, 0.4) is 0 Å². The van der Waals surface area contributed by atoms with E-state index in [1.165, 1.54) is 48.7 Å². The van der Waals surface area contributed by atoms with Crippen molar-refractivity contribution in [2.24, 2.45) is 0 Å². The SMILES string of the molecule is O=S(=O)(Nc1ccc(Cl)c2c(Cl)c[nH]c12)c1ccc(Oc2ccc(F)cc2)c(Br)c1. The van der Waals surface area contributed by atoms with Crippen molar-refractivity contribution in [3.8, 4) is 11.5 Å². The number of rotatable bonds is 5. The van der Waals surface area contributed by atoms with Gasteiger partial charge in [-0.3, -0.25) is 4.72 Å². The topological polar surface area (TPSA) is 71.2 Å². The molecular formula is C20H12BrCl2FN2O3S. The van der Waals surface area contributed by atoms with Crippen LogP contribution >= 0.6 is 39.1 Å². The molecule has 1 aromatic heterocycles. The van der Waals surface area contributed by atoms with Gasteiger partial charge < -0.3 is 9.72 Å². The smallest absolute Gasteiger partial charge is 0.262 e. The van der Waals surface area contributed by atoms with Crippen LogP contribution in [-0.4, -0.2) is 13.4 Å². The van der Waals surface area contributed by atoms with Crippen LogP contribution in [0.25, 0.3) is 10.9 Å². The van der Waals surface area contributed by atoms with Gasteiger partial charge in [-0.2, -0.15) is 0 Å². The van der Waals surface area contributed by atoms with Crippen LogP contribution in [0.4, 0.5) is 10.1 Å². The first kappa shape index (κ1) is 21.0. The van der Waals surface area contributed by atoms with Crippen LogP contribution in [0.2, 0.25) is 10.0 Å². The van der Waals surface area contributed by atoms with Crippen LogP contribution in [0.5, 0.6) is 11.5 Å². The summed E-state index contributed by atoms with van der Waals surface area (Å²) < 4.78 is 47.5. The minimum Gasteiger partial charge on any atom is -0.456 e. The van der Waals surface area contributed by atoms with Crippen molar-refractivity contribution >= 4 is 65.7 Å². The van der Waals surface area contributed by atoms with Gasteiger partial charge in [-0.05, 0) is 70.5 Å². The van der Waals surface area contributed by atoms with Gasteiger partial charge in [0.2, 0.25) is 0 Å². The fourth-order valence-electron chi connectivity index (χ4n) is 2.82. The molecule has 4 aromatic rings. The molecule has 0 saturated carbocycles. The molecule has 0 atom stereocenters. The van der Waals surface area contributed by atoms with E-state index in [1.807, 2.05) is 0 Å². The Morgan fingerprint density at radius 1 is 1.00 bits per heavy atom. The van der Waals surface area contributed by atoms with E-state index in [0.29, 0.717) is 42.6 Å². The van der Waals surface area contributed by atoms with Gasteiger partial charge in [0.25, 0.3) is 10.0 Å². The predicted molar refractivity (Wildman–Crippen MR) is 120 cm³/mol. The average Bonchev–Trinajstić information content (AvgIpc) is 3.10. The highest BCUT2D eigenvalue weighted by molar-refractivity contribution is 9.10. The third kappa shape index (κ3) is 4.13. The van der Waals surface area contributed by atoms with E-state index in [9.17, 15) is 12.8 Å². The molecule has 0 saturated heterocycles. The number of sulfonamides is 1. The number of benzene rings is 3. The van der Waals surface area contributed by atoms with Crippen LogP contribution in [0, 0.1) is 5.82 Å². The Kier molecular flexibility index (Phi) is 5.67. The van der Waals surface area contributed by atoms with E-state index in [0.717, 1.165) is 0 Å². The van der Waals surface area contributed by atoms with Crippen molar-refractivity contribution in [1.82, 2.24) is 4.98 Å². The number of H-pyrrole nitrogens is 1. The number of ether oxygens (including phenoxy) is 1. The Labute approximate surface area is 190 Å². The van der Waals surface area contributed by atoms with Crippen molar-refractivity contribution in [3.05, 3.63) is 81.1 Å². The lowest BCUT2D eigenvalue weighted by Gasteiger charge is -2.12. The molecule has 0 spiro atoms. The summed E-state index contributed by atoms with van der Waals surface area (Å²) in [6.07, 6.45) is 1.54.